The van der Waals surface area contributed by atoms with Crippen LogP contribution < -0.4 is 14.8 Å². The average Bonchev–Trinajstić information content (AvgIpc) is 2.63. The maximum atomic E-state index is 12.7. The van der Waals surface area contributed by atoms with Gasteiger partial charge in [0.15, 0.2) is 4.93 Å². The van der Waals surface area contributed by atoms with Gasteiger partial charge in [-0.15, -0.1) is 0 Å². The predicted molar refractivity (Wildman–Crippen MR) is 107 cm³/mol. The molecule has 7 heteroatoms. The summed E-state index contributed by atoms with van der Waals surface area (Å²) in [7, 11) is 0. The molecule has 27 heavy (non-hydrogen) atoms. The zero-order valence-corrected chi connectivity index (χ0v) is 17.5. The van der Waals surface area contributed by atoms with E-state index in [9.17, 15) is 9.59 Å². The number of hydrogen-bond acceptors (Lipinski definition) is 6. The van der Waals surface area contributed by atoms with Gasteiger partial charge in [-0.3, -0.25) is 9.59 Å². The summed E-state index contributed by atoms with van der Waals surface area (Å²) in [6.45, 7) is 12.4. The Bertz CT molecular complexity index is 774. The van der Waals surface area contributed by atoms with E-state index in [0.717, 1.165) is 67.0 Å². The number of fused-ring (bicyclic) bond motifs is 1. The fourth-order valence-corrected chi connectivity index (χ4v) is 4.69. The molecule has 2 aliphatic heterocycles. The number of nitrogens with one attached hydrogen (secondary N) is 1. The van der Waals surface area contributed by atoms with Crippen LogP contribution in [0.4, 0.5) is 4.79 Å². The van der Waals surface area contributed by atoms with Gasteiger partial charge < -0.3 is 19.7 Å². The van der Waals surface area contributed by atoms with Crippen LogP contribution in [0.2, 0.25) is 0 Å². The molecule has 0 saturated carbocycles. The molecule has 2 aliphatic rings. The van der Waals surface area contributed by atoms with Gasteiger partial charge in [0.2, 0.25) is 0 Å². The standard InChI is InChI=1S/C20H28N2O4S/c1-12-13(2)18-16(14(3)17(12)25-15(4)23)6-7-20(5,26-18)27-19(24)22-10-8-21-9-11-22/h21H,6-11H2,1-5H3. The number of amides is 1. The van der Waals surface area contributed by atoms with Crippen molar-refractivity contribution in [3.8, 4) is 11.5 Å². The number of rotatable bonds is 2. The van der Waals surface area contributed by atoms with Crippen molar-refractivity contribution in [3.05, 3.63) is 22.3 Å². The van der Waals surface area contributed by atoms with Crippen molar-refractivity contribution in [2.75, 3.05) is 26.2 Å². The first-order valence-electron chi connectivity index (χ1n) is 9.40. The summed E-state index contributed by atoms with van der Waals surface area (Å²) in [4.78, 5) is 25.5. The minimum Gasteiger partial charge on any atom is -0.476 e. The number of carbonyl (C=O) groups is 2. The normalized spacial score (nSPS) is 22.0. The lowest BCUT2D eigenvalue weighted by molar-refractivity contribution is -0.132. The first kappa shape index (κ1) is 20.0. The van der Waals surface area contributed by atoms with E-state index in [2.05, 4.69) is 5.32 Å². The van der Waals surface area contributed by atoms with E-state index in [4.69, 9.17) is 9.47 Å². The third-order valence-corrected chi connectivity index (χ3v) is 6.53. The van der Waals surface area contributed by atoms with E-state index in [1.54, 1.807) is 0 Å². The molecule has 0 spiro atoms. The monoisotopic (exact) mass is 392 g/mol. The van der Waals surface area contributed by atoms with Crippen LogP contribution in [0.1, 0.15) is 42.5 Å². The second-order valence-corrected chi connectivity index (χ2v) is 8.86. The summed E-state index contributed by atoms with van der Waals surface area (Å²) in [6, 6.07) is 0. The highest BCUT2D eigenvalue weighted by Gasteiger charge is 2.38. The van der Waals surface area contributed by atoms with Gasteiger partial charge in [-0.2, -0.15) is 0 Å². The van der Waals surface area contributed by atoms with Crippen LogP contribution in [0.5, 0.6) is 11.5 Å². The number of thioether (sulfide) groups is 1. The molecule has 0 aliphatic carbocycles. The van der Waals surface area contributed by atoms with E-state index in [0.29, 0.717) is 5.75 Å². The molecule has 0 aromatic heterocycles. The minimum atomic E-state index is -0.596. The molecule has 6 nitrogen and oxygen atoms in total. The van der Waals surface area contributed by atoms with Crippen LogP contribution in [-0.2, 0) is 11.2 Å². The van der Waals surface area contributed by atoms with E-state index < -0.39 is 4.93 Å². The maximum Gasteiger partial charge on any atom is 0.308 e. The first-order chi connectivity index (χ1) is 12.7. The summed E-state index contributed by atoms with van der Waals surface area (Å²) in [6.07, 6.45) is 1.51. The molecule has 148 valence electrons. The Morgan fingerprint density at radius 3 is 2.44 bits per heavy atom. The SMILES string of the molecule is CC(=O)Oc1c(C)c(C)c2c(c1C)CCC(C)(SC(=O)N1CCNCC1)O2. The highest BCUT2D eigenvalue weighted by molar-refractivity contribution is 8.14. The van der Waals surface area contributed by atoms with Crippen molar-refractivity contribution in [2.24, 2.45) is 0 Å². The molecule has 1 saturated heterocycles. The zero-order valence-electron chi connectivity index (χ0n) is 16.7. The Labute approximate surface area is 165 Å². The van der Waals surface area contributed by atoms with Crippen LogP contribution in [0.15, 0.2) is 0 Å². The van der Waals surface area contributed by atoms with Gasteiger partial charge in [0.05, 0.1) is 0 Å². The lowest BCUT2D eigenvalue weighted by Crippen LogP contribution is -2.47. The van der Waals surface area contributed by atoms with Crippen molar-refractivity contribution >= 4 is 23.0 Å². The Morgan fingerprint density at radius 1 is 1.15 bits per heavy atom. The van der Waals surface area contributed by atoms with Gasteiger partial charge in [-0.05, 0) is 62.6 Å². The van der Waals surface area contributed by atoms with Crippen molar-refractivity contribution in [1.82, 2.24) is 10.2 Å². The van der Waals surface area contributed by atoms with E-state index in [1.165, 1.54) is 18.7 Å². The topological polar surface area (TPSA) is 67.9 Å². The molecule has 1 amide bonds. The Balaban J connectivity index is 1.85. The average molecular weight is 393 g/mol. The number of carbonyl (C=O) groups excluding carboxylic acids is 2. The predicted octanol–water partition coefficient (Wildman–Crippen LogP) is 3.34. The van der Waals surface area contributed by atoms with Crippen LogP contribution >= 0.6 is 11.8 Å². The van der Waals surface area contributed by atoms with Crippen LogP contribution in [0.25, 0.3) is 0 Å². The third kappa shape index (κ3) is 4.09. The maximum absolute atomic E-state index is 12.7. The first-order valence-corrected chi connectivity index (χ1v) is 10.2. The van der Waals surface area contributed by atoms with Crippen LogP contribution in [0.3, 0.4) is 0 Å². The number of piperazine rings is 1. The summed E-state index contributed by atoms with van der Waals surface area (Å²) in [5, 5.41) is 3.34. The Hall–Kier alpha value is -1.73. The largest absolute Gasteiger partial charge is 0.476 e. The zero-order chi connectivity index (χ0) is 19.8. The molecule has 1 aromatic carbocycles. The van der Waals surface area contributed by atoms with E-state index >= 15 is 0 Å². The molecular weight excluding hydrogens is 364 g/mol. The van der Waals surface area contributed by atoms with Crippen LogP contribution in [0, 0.1) is 20.8 Å². The number of benzene rings is 1. The fraction of sp³-hybridized carbons (Fsp3) is 0.600. The lowest BCUT2D eigenvalue weighted by Gasteiger charge is -2.38. The number of nitrogens with zero attached hydrogens (tertiary/aromatic N) is 1. The minimum absolute atomic E-state index is 0.0741. The molecule has 1 fully saturated rings. The van der Waals surface area contributed by atoms with Crippen molar-refractivity contribution in [2.45, 2.75) is 52.4 Å². The van der Waals surface area contributed by atoms with Gasteiger partial charge in [0.1, 0.15) is 11.5 Å². The summed E-state index contributed by atoms with van der Waals surface area (Å²) < 4.78 is 11.8. The van der Waals surface area contributed by atoms with Gasteiger partial charge >= 0.3 is 5.97 Å². The second-order valence-electron chi connectivity index (χ2n) is 7.45. The quantitative estimate of drug-likeness (QED) is 0.615. The van der Waals surface area contributed by atoms with Gasteiger partial charge in [0, 0.05) is 45.1 Å². The number of hydrogen-bond donors (Lipinski definition) is 1. The molecule has 0 bridgehead atoms. The summed E-state index contributed by atoms with van der Waals surface area (Å²) >= 11 is 1.28. The summed E-state index contributed by atoms with van der Waals surface area (Å²) in [5.74, 6) is 1.14. The fourth-order valence-electron chi connectivity index (χ4n) is 3.68. The Morgan fingerprint density at radius 2 is 1.81 bits per heavy atom. The molecule has 2 heterocycles. The van der Waals surface area contributed by atoms with E-state index in [-0.39, 0.29) is 11.2 Å². The van der Waals surface area contributed by atoms with Crippen molar-refractivity contribution < 1.29 is 19.1 Å². The van der Waals surface area contributed by atoms with Gasteiger partial charge in [0.25, 0.3) is 5.24 Å². The summed E-state index contributed by atoms with van der Waals surface area (Å²) in [5.41, 5.74) is 3.89. The Kier molecular flexibility index (Phi) is 5.72. The third-order valence-electron chi connectivity index (χ3n) is 5.38. The number of ether oxygens (including phenoxy) is 2. The van der Waals surface area contributed by atoms with Crippen molar-refractivity contribution in [3.63, 3.8) is 0 Å². The highest BCUT2D eigenvalue weighted by atomic mass is 32.2. The molecule has 1 N–H and O–H groups in total. The molecule has 1 aromatic rings. The molecule has 0 radical (unpaired) electrons. The molecular formula is C20H28N2O4S. The van der Waals surface area contributed by atoms with E-state index in [1.807, 2.05) is 32.6 Å². The molecule has 1 atom stereocenters. The highest BCUT2D eigenvalue weighted by Crippen LogP contribution is 2.47. The number of esters is 1. The molecule has 1 unspecified atom stereocenters. The van der Waals surface area contributed by atoms with Gasteiger partial charge in [-0.25, -0.2) is 0 Å². The second kappa shape index (κ2) is 7.72. The lowest BCUT2D eigenvalue weighted by atomic mass is 9.91. The van der Waals surface area contributed by atoms with Gasteiger partial charge in [-0.1, -0.05) is 0 Å². The molecule has 3 rings (SSSR count). The smallest absolute Gasteiger partial charge is 0.308 e. The van der Waals surface area contributed by atoms with Crippen molar-refractivity contribution in [1.29, 1.82) is 0 Å². The van der Waals surface area contributed by atoms with Crippen LogP contribution in [-0.4, -0.2) is 47.2 Å².